The second-order valence-electron chi connectivity index (χ2n) is 5.60. The zero-order valence-corrected chi connectivity index (χ0v) is 10.9. The van der Waals surface area contributed by atoms with Crippen molar-refractivity contribution in [2.24, 2.45) is 5.92 Å². The van der Waals surface area contributed by atoms with E-state index < -0.39 is 0 Å². The van der Waals surface area contributed by atoms with E-state index in [2.05, 4.69) is 29.1 Å². The highest BCUT2D eigenvalue weighted by Gasteiger charge is 2.23. The first-order valence-electron chi connectivity index (χ1n) is 6.90. The minimum Gasteiger partial charge on any atom is -0.314 e. The lowest BCUT2D eigenvalue weighted by molar-refractivity contribution is 0.225. The van der Waals surface area contributed by atoms with Gasteiger partial charge in [-0.3, -0.25) is 0 Å². The van der Waals surface area contributed by atoms with Gasteiger partial charge in [-0.2, -0.15) is 0 Å². The van der Waals surface area contributed by atoms with Crippen LogP contribution in [-0.2, 0) is 0 Å². The van der Waals surface area contributed by atoms with Gasteiger partial charge in [-0.15, -0.1) is 0 Å². The molecule has 2 rings (SSSR count). The first-order valence-corrected chi connectivity index (χ1v) is 6.90. The summed E-state index contributed by atoms with van der Waals surface area (Å²) in [5.41, 5.74) is 0. The van der Waals surface area contributed by atoms with Gasteiger partial charge in [0.15, 0.2) is 0 Å². The SMILES string of the molecule is CC1NCCC1CN(C)CCN1CCCC1. The summed E-state index contributed by atoms with van der Waals surface area (Å²) in [5, 5.41) is 3.54. The number of hydrogen-bond acceptors (Lipinski definition) is 3. The normalized spacial score (nSPS) is 31.7. The molecule has 94 valence electrons. The van der Waals surface area contributed by atoms with Gasteiger partial charge >= 0.3 is 0 Å². The van der Waals surface area contributed by atoms with Crippen LogP contribution in [0.5, 0.6) is 0 Å². The molecule has 0 amide bonds. The molecule has 2 unspecified atom stereocenters. The highest BCUT2D eigenvalue weighted by molar-refractivity contribution is 4.82. The Balaban J connectivity index is 1.61. The third-order valence-corrected chi connectivity index (χ3v) is 4.23. The van der Waals surface area contributed by atoms with Crippen LogP contribution in [-0.4, -0.2) is 62.2 Å². The van der Waals surface area contributed by atoms with Gasteiger partial charge in [-0.25, -0.2) is 0 Å². The lowest BCUT2D eigenvalue weighted by atomic mass is 10.0. The Morgan fingerprint density at radius 2 is 2.06 bits per heavy atom. The Hall–Kier alpha value is -0.120. The van der Waals surface area contributed by atoms with Crippen molar-refractivity contribution in [2.75, 3.05) is 46.3 Å². The molecule has 0 spiro atoms. The van der Waals surface area contributed by atoms with Crippen LogP contribution in [0.1, 0.15) is 26.2 Å². The predicted molar refractivity (Wildman–Crippen MR) is 68.7 cm³/mol. The maximum absolute atomic E-state index is 3.54. The highest BCUT2D eigenvalue weighted by Crippen LogP contribution is 2.16. The first kappa shape index (κ1) is 12.3. The highest BCUT2D eigenvalue weighted by atomic mass is 15.2. The standard InChI is InChI=1S/C13H27N3/c1-12-13(5-6-14-12)11-15(2)9-10-16-7-3-4-8-16/h12-14H,3-11H2,1-2H3. The van der Waals surface area contributed by atoms with E-state index in [1.165, 1.54) is 58.5 Å². The maximum Gasteiger partial charge on any atom is 0.0109 e. The molecule has 2 saturated heterocycles. The third kappa shape index (κ3) is 3.44. The van der Waals surface area contributed by atoms with Crippen LogP contribution in [0.25, 0.3) is 0 Å². The third-order valence-electron chi connectivity index (χ3n) is 4.23. The van der Waals surface area contributed by atoms with Gasteiger partial charge in [0, 0.05) is 25.7 Å². The van der Waals surface area contributed by atoms with Gasteiger partial charge in [0.2, 0.25) is 0 Å². The lowest BCUT2D eigenvalue weighted by Gasteiger charge is -2.25. The Labute approximate surface area is 100 Å². The van der Waals surface area contributed by atoms with Crippen LogP contribution in [0.3, 0.4) is 0 Å². The molecule has 2 heterocycles. The first-order chi connectivity index (χ1) is 7.75. The van der Waals surface area contributed by atoms with Crippen LogP contribution in [0.4, 0.5) is 0 Å². The molecule has 0 aromatic carbocycles. The summed E-state index contributed by atoms with van der Waals surface area (Å²) in [6.45, 7) is 9.97. The molecule has 2 aliphatic rings. The smallest absolute Gasteiger partial charge is 0.0109 e. The minimum atomic E-state index is 0.717. The summed E-state index contributed by atoms with van der Waals surface area (Å²) in [6, 6.07) is 0.717. The molecule has 0 aromatic heterocycles. The number of likely N-dealkylation sites (tertiary alicyclic amines) is 1. The Kier molecular flexibility index (Phi) is 4.62. The van der Waals surface area contributed by atoms with E-state index in [9.17, 15) is 0 Å². The molecule has 3 nitrogen and oxygen atoms in total. The second-order valence-corrected chi connectivity index (χ2v) is 5.60. The van der Waals surface area contributed by atoms with Crippen molar-refractivity contribution >= 4 is 0 Å². The second kappa shape index (κ2) is 5.99. The van der Waals surface area contributed by atoms with Gasteiger partial charge in [0.25, 0.3) is 0 Å². The average Bonchev–Trinajstić information content (AvgIpc) is 2.88. The number of nitrogens with zero attached hydrogens (tertiary/aromatic N) is 2. The molecule has 16 heavy (non-hydrogen) atoms. The minimum absolute atomic E-state index is 0.717. The van der Waals surface area contributed by atoms with E-state index in [1.54, 1.807) is 0 Å². The monoisotopic (exact) mass is 225 g/mol. The summed E-state index contributed by atoms with van der Waals surface area (Å²) in [4.78, 5) is 5.12. The zero-order chi connectivity index (χ0) is 11.4. The van der Waals surface area contributed by atoms with Crippen LogP contribution in [0.15, 0.2) is 0 Å². The lowest BCUT2D eigenvalue weighted by Crippen LogP contribution is -2.36. The van der Waals surface area contributed by atoms with Gasteiger partial charge in [-0.05, 0) is 58.8 Å². The van der Waals surface area contributed by atoms with E-state index in [0.29, 0.717) is 6.04 Å². The molecule has 0 aliphatic carbocycles. The van der Waals surface area contributed by atoms with E-state index in [4.69, 9.17) is 0 Å². The number of nitrogens with one attached hydrogen (secondary N) is 1. The van der Waals surface area contributed by atoms with Crippen molar-refractivity contribution in [1.29, 1.82) is 0 Å². The summed E-state index contributed by atoms with van der Waals surface area (Å²) in [6.07, 6.45) is 4.18. The predicted octanol–water partition coefficient (Wildman–Crippen LogP) is 1.01. The van der Waals surface area contributed by atoms with E-state index >= 15 is 0 Å². The van der Waals surface area contributed by atoms with Gasteiger partial charge in [0.05, 0.1) is 0 Å². The molecule has 1 N–H and O–H groups in total. The molecular weight excluding hydrogens is 198 g/mol. The topological polar surface area (TPSA) is 18.5 Å². The molecule has 3 heteroatoms. The molecule has 0 bridgehead atoms. The van der Waals surface area contributed by atoms with Crippen molar-refractivity contribution in [1.82, 2.24) is 15.1 Å². The van der Waals surface area contributed by atoms with Crippen LogP contribution < -0.4 is 5.32 Å². The number of hydrogen-bond donors (Lipinski definition) is 1. The molecule has 2 aliphatic heterocycles. The molecule has 0 aromatic rings. The van der Waals surface area contributed by atoms with Crippen molar-refractivity contribution in [2.45, 2.75) is 32.2 Å². The van der Waals surface area contributed by atoms with Crippen molar-refractivity contribution < 1.29 is 0 Å². The maximum atomic E-state index is 3.54. The van der Waals surface area contributed by atoms with Crippen molar-refractivity contribution in [3.8, 4) is 0 Å². The average molecular weight is 225 g/mol. The molecule has 2 atom stereocenters. The van der Waals surface area contributed by atoms with Crippen molar-refractivity contribution in [3.05, 3.63) is 0 Å². The Morgan fingerprint density at radius 3 is 2.69 bits per heavy atom. The van der Waals surface area contributed by atoms with Gasteiger partial charge in [0.1, 0.15) is 0 Å². The fourth-order valence-corrected chi connectivity index (χ4v) is 2.97. The summed E-state index contributed by atoms with van der Waals surface area (Å²) in [7, 11) is 2.28. The Morgan fingerprint density at radius 1 is 1.31 bits per heavy atom. The number of rotatable bonds is 5. The van der Waals surface area contributed by atoms with E-state index in [0.717, 1.165) is 5.92 Å². The van der Waals surface area contributed by atoms with Crippen molar-refractivity contribution in [3.63, 3.8) is 0 Å². The summed E-state index contributed by atoms with van der Waals surface area (Å²) >= 11 is 0. The van der Waals surface area contributed by atoms with Crippen LogP contribution in [0, 0.1) is 5.92 Å². The fourth-order valence-electron chi connectivity index (χ4n) is 2.97. The summed E-state index contributed by atoms with van der Waals surface area (Å²) in [5.74, 6) is 0.864. The van der Waals surface area contributed by atoms with Crippen LogP contribution >= 0.6 is 0 Å². The van der Waals surface area contributed by atoms with Gasteiger partial charge < -0.3 is 15.1 Å². The quantitative estimate of drug-likeness (QED) is 0.753. The zero-order valence-electron chi connectivity index (χ0n) is 10.9. The van der Waals surface area contributed by atoms with E-state index in [1.807, 2.05) is 0 Å². The molecule has 0 radical (unpaired) electrons. The molecular formula is C13H27N3. The van der Waals surface area contributed by atoms with Gasteiger partial charge in [-0.1, -0.05) is 0 Å². The number of likely N-dealkylation sites (N-methyl/N-ethyl adjacent to an activating group) is 1. The van der Waals surface area contributed by atoms with Crippen LogP contribution in [0.2, 0.25) is 0 Å². The summed E-state index contributed by atoms with van der Waals surface area (Å²) < 4.78 is 0. The molecule has 0 saturated carbocycles. The molecule has 2 fully saturated rings. The fraction of sp³-hybridized carbons (Fsp3) is 1.00. The van der Waals surface area contributed by atoms with E-state index in [-0.39, 0.29) is 0 Å². The Bertz CT molecular complexity index is 201. The largest absolute Gasteiger partial charge is 0.314 e.